The van der Waals surface area contributed by atoms with E-state index in [-0.39, 0.29) is 11.4 Å². The molecular weight excluding hydrogens is 168 g/mol. The minimum Gasteiger partial charge on any atom is -0.383 e. The van der Waals surface area contributed by atoms with Crippen LogP contribution >= 0.6 is 0 Å². The number of nitrogens with two attached hydrogens (primary N) is 1. The summed E-state index contributed by atoms with van der Waals surface area (Å²) in [5, 5.41) is 8.95. The summed E-state index contributed by atoms with van der Waals surface area (Å²) in [6.07, 6.45) is 1.41. The number of H-pyrrole nitrogens is 1. The molecule has 1 rings (SSSR count). The number of amides is 1. The first-order valence-corrected chi connectivity index (χ1v) is 4.01. The van der Waals surface area contributed by atoms with E-state index in [9.17, 15) is 4.79 Å². The van der Waals surface area contributed by atoms with E-state index in [1.54, 1.807) is 0 Å². The maximum absolute atomic E-state index is 11.5. The minimum atomic E-state index is -0.263. The highest BCUT2D eigenvalue weighted by atomic mass is 16.1. The van der Waals surface area contributed by atoms with Crippen LogP contribution in [0.1, 0.15) is 31.1 Å². The van der Waals surface area contributed by atoms with Gasteiger partial charge in [0.15, 0.2) is 0 Å². The topological polar surface area (TPSA) is 83.8 Å². The number of rotatable bonds is 1. The first-order valence-electron chi connectivity index (χ1n) is 4.01. The van der Waals surface area contributed by atoms with Crippen molar-refractivity contribution < 1.29 is 4.79 Å². The van der Waals surface area contributed by atoms with Crippen molar-refractivity contribution in [1.82, 2.24) is 15.5 Å². The molecule has 1 heterocycles. The van der Waals surface area contributed by atoms with Gasteiger partial charge in [0.2, 0.25) is 0 Å². The van der Waals surface area contributed by atoms with Crippen molar-refractivity contribution in [2.75, 3.05) is 5.73 Å². The van der Waals surface area contributed by atoms with Gasteiger partial charge in [-0.05, 0) is 20.8 Å². The number of hydrogen-bond donors (Lipinski definition) is 3. The molecule has 0 aliphatic heterocycles. The van der Waals surface area contributed by atoms with Gasteiger partial charge in [0.25, 0.3) is 5.91 Å². The average molecular weight is 182 g/mol. The molecule has 0 aliphatic carbocycles. The highest BCUT2D eigenvalue weighted by molar-refractivity contribution is 5.98. The maximum atomic E-state index is 11.5. The van der Waals surface area contributed by atoms with Gasteiger partial charge in [-0.3, -0.25) is 9.89 Å². The Bertz CT molecular complexity index is 310. The van der Waals surface area contributed by atoms with Gasteiger partial charge in [-0.1, -0.05) is 0 Å². The highest BCUT2D eigenvalue weighted by Gasteiger charge is 2.17. The van der Waals surface area contributed by atoms with Gasteiger partial charge in [0.05, 0.1) is 6.20 Å². The molecule has 0 aromatic carbocycles. The van der Waals surface area contributed by atoms with Gasteiger partial charge in [-0.2, -0.15) is 5.10 Å². The first-order chi connectivity index (χ1) is 5.90. The molecule has 1 aromatic rings. The molecule has 5 heteroatoms. The quantitative estimate of drug-likeness (QED) is 0.592. The van der Waals surface area contributed by atoms with Crippen LogP contribution in [0, 0.1) is 0 Å². The van der Waals surface area contributed by atoms with Crippen molar-refractivity contribution in [3.63, 3.8) is 0 Å². The number of carbonyl (C=O) groups excluding carboxylic acids is 1. The van der Waals surface area contributed by atoms with Crippen LogP contribution in [0.25, 0.3) is 0 Å². The minimum absolute atomic E-state index is 0.209. The standard InChI is InChI=1S/C8H14N4O/c1-8(2,3)11-7(13)5-4-10-12-6(5)9/h4H,1-3H3,(H,11,13)(H3,9,10,12). The number of nitrogens with one attached hydrogen (secondary N) is 2. The molecule has 0 spiro atoms. The molecule has 0 saturated heterocycles. The number of aromatic nitrogens is 2. The third-order valence-corrected chi connectivity index (χ3v) is 1.40. The Morgan fingerprint density at radius 1 is 1.62 bits per heavy atom. The Labute approximate surface area is 76.7 Å². The van der Waals surface area contributed by atoms with E-state index in [2.05, 4.69) is 15.5 Å². The summed E-state index contributed by atoms with van der Waals surface area (Å²) in [5.41, 5.74) is 5.60. The van der Waals surface area contributed by atoms with Crippen LogP contribution < -0.4 is 11.1 Å². The smallest absolute Gasteiger partial charge is 0.257 e. The van der Waals surface area contributed by atoms with Crippen LogP contribution in [0.5, 0.6) is 0 Å². The lowest BCUT2D eigenvalue weighted by atomic mass is 10.1. The van der Waals surface area contributed by atoms with E-state index in [4.69, 9.17) is 5.73 Å². The molecule has 1 aromatic heterocycles. The maximum Gasteiger partial charge on any atom is 0.257 e. The third kappa shape index (κ3) is 2.47. The first kappa shape index (κ1) is 9.57. The van der Waals surface area contributed by atoms with Gasteiger partial charge >= 0.3 is 0 Å². The predicted octanol–water partition coefficient (Wildman–Crippen LogP) is 0.520. The molecule has 0 atom stereocenters. The highest BCUT2D eigenvalue weighted by Crippen LogP contribution is 2.08. The second kappa shape index (κ2) is 3.08. The van der Waals surface area contributed by atoms with Crippen molar-refractivity contribution in [1.29, 1.82) is 0 Å². The van der Waals surface area contributed by atoms with Gasteiger partial charge in [0, 0.05) is 5.54 Å². The summed E-state index contributed by atoms with van der Waals surface area (Å²) in [7, 11) is 0. The largest absolute Gasteiger partial charge is 0.383 e. The third-order valence-electron chi connectivity index (χ3n) is 1.40. The predicted molar refractivity (Wildman–Crippen MR) is 50.2 cm³/mol. The monoisotopic (exact) mass is 182 g/mol. The lowest BCUT2D eigenvalue weighted by Gasteiger charge is -2.19. The fourth-order valence-corrected chi connectivity index (χ4v) is 0.885. The zero-order valence-corrected chi connectivity index (χ0v) is 8.01. The summed E-state index contributed by atoms with van der Waals surface area (Å²) >= 11 is 0. The average Bonchev–Trinajstić information content (AvgIpc) is 2.30. The van der Waals surface area contributed by atoms with Crippen LogP contribution in [0.2, 0.25) is 0 Å². The SMILES string of the molecule is CC(C)(C)NC(=O)c1cn[nH]c1N. The normalized spacial score (nSPS) is 11.3. The van der Waals surface area contributed by atoms with Crippen molar-refractivity contribution in [2.45, 2.75) is 26.3 Å². The second-order valence-electron chi connectivity index (χ2n) is 3.90. The van der Waals surface area contributed by atoms with Crippen LogP contribution in [-0.2, 0) is 0 Å². The number of hydrogen-bond acceptors (Lipinski definition) is 3. The zero-order chi connectivity index (χ0) is 10.1. The van der Waals surface area contributed by atoms with Crippen molar-refractivity contribution >= 4 is 11.7 Å². The van der Waals surface area contributed by atoms with Crippen LogP contribution in [0.3, 0.4) is 0 Å². The number of carbonyl (C=O) groups is 1. The molecule has 0 fully saturated rings. The molecule has 0 saturated carbocycles. The number of nitrogens with zero attached hydrogens (tertiary/aromatic N) is 1. The van der Waals surface area contributed by atoms with E-state index in [1.165, 1.54) is 6.20 Å². The summed E-state index contributed by atoms with van der Waals surface area (Å²) in [6, 6.07) is 0. The molecule has 0 aliphatic rings. The molecule has 0 bridgehead atoms. The molecule has 0 radical (unpaired) electrons. The number of anilines is 1. The summed E-state index contributed by atoms with van der Waals surface area (Å²) in [4.78, 5) is 11.5. The molecule has 0 unspecified atom stereocenters. The molecule has 1 amide bonds. The van der Waals surface area contributed by atoms with Gasteiger partial charge in [0.1, 0.15) is 11.4 Å². The summed E-state index contributed by atoms with van der Waals surface area (Å²) in [5.74, 6) is 0.0838. The zero-order valence-electron chi connectivity index (χ0n) is 8.01. The number of aromatic amines is 1. The Morgan fingerprint density at radius 2 is 2.23 bits per heavy atom. The van der Waals surface area contributed by atoms with Crippen LogP contribution in [-0.4, -0.2) is 21.6 Å². The molecule has 13 heavy (non-hydrogen) atoms. The lowest BCUT2D eigenvalue weighted by molar-refractivity contribution is 0.0920. The van der Waals surface area contributed by atoms with E-state index < -0.39 is 0 Å². The summed E-state index contributed by atoms with van der Waals surface area (Å²) in [6.45, 7) is 5.71. The van der Waals surface area contributed by atoms with Crippen LogP contribution in [0.15, 0.2) is 6.20 Å². The van der Waals surface area contributed by atoms with Gasteiger partial charge < -0.3 is 11.1 Å². The Balaban J connectivity index is 2.76. The number of nitrogen functional groups attached to an aromatic ring is 1. The molecular formula is C8H14N4O. The van der Waals surface area contributed by atoms with Gasteiger partial charge in [-0.25, -0.2) is 0 Å². The fraction of sp³-hybridized carbons (Fsp3) is 0.500. The van der Waals surface area contributed by atoms with Crippen LogP contribution in [0.4, 0.5) is 5.82 Å². The molecule has 72 valence electrons. The van der Waals surface area contributed by atoms with E-state index in [0.717, 1.165) is 0 Å². The Morgan fingerprint density at radius 3 is 2.62 bits per heavy atom. The molecule has 4 N–H and O–H groups in total. The van der Waals surface area contributed by atoms with Crippen molar-refractivity contribution in [3.05, 3.63) is 11.8 Å². The van der Waals surface area contributed by atoms with E-state index >= 15 is 0 Å². The van der Waals surface area contributed by atoms with Gasteiger partial charge in [-0.15, -0.1) is 0 Å². The Kier molecular flexibility index (Phi) is 2.27. The van der Waals surface area contributed by atoms with E-state index in [1.807, 2.05) is 20.8 Å². The summed E-state index contributed by atoms with van der Waals surface area (Å²) < 4.78 is 0. The van der Waals surface area contributed by atoms with E-state index in [0.29, 0.717) is 11.4 Å². The van der Waals surface area contributed by atoms with Crippen molar-refractivity contribution in [3.8, 4) is 0 Å². The fourth-order valence-electron chi connectivity index (χ4n) is 0.885. The lowest BCUT2D eigenvalue weighted by Crippen LogP contribution is -2.40. The second-order valence-corrected chi connectivity index (χ2v) is 3.90. The van der Waals surface area contributed by atoms with Crippen molar-refractivity contribution in [2.24, 2.45) is 0 Å². The molecule has 5 nitrogen and oxygen atoms in total. The Hall–Kier alpha value is -1.52.